The van der Waals surface area contributed by atoms with Crippen LogP contribution in [0.3, 0.4) is 0 Å². The highest BCUT2D eigenvalue weighted by molar-refractivity contribution is 6.05. The second-order valence-electron chi connectivity index (χ2n) is 7.33. The van der Waals surface area contributed by atoms with E-state index in [-0.39, 0.29) is 18.5 Å². The molecule has 162 valence electrons. The zero-order chi connectivity index (χ0) is 21.6. The zero-order valence-electron chi connectivity index (χ0n) is 17.4. The molecule has 1 amide bonds. The summed E-state index contributed by atoms with van der Waals surface area (Å²) in [6.45, 7) is 1.86. The number of benzene rings is 2. The van der Waals surface area contributed by atoms with Gasteiger partial charge in [0.1, 0.15) is 18.3 Å². The monoisotopic (exact) mass is 424 g/mol. The SMILES string of the molecule is COc1c(C(=O)NCON2CCCCC2)ccc2n[nH]c(/C=C/c3ccc(F)cc3)c12. The lowest BCUT2D eigenvalue weighted by Gasteiger charge is -2.25. The average Bonchev–Trinajstić information content (AvgIpc) is 3.22. The van der Waals surface area contributed by atoms with Gasteiger partial charge in [0.05, 0.1) is 29.3 Å². The molecule has 4 rings (SSSR count). The summed E-state index contributed by atoms with van der Waals surface area (Å²) in [5.74, 6) is -0.142. The number of hydrogen-bond acceptors (Lipinski definition) is 5. The van der Waals surface area contributed by atoms with Crippen LogP contribution >= 0.6 is 0 Å². The van der Waals surface area contributed by atoms with Crippen LogP contribution in [0.1, 0.15) is 40.9 Å². The molecule has 1 aromatic heterocycles. The number of hydroxylamine groups is 2. The third-order valence-corrected chi connectivity index (χ3v) is 5.26. The van der Waals surface area contributed by atoms with E-state index in [0.29, 0.717) is 27.9 Å². The number of nitrogens with one attached hydrogen (secondary N) is 2. The van der Waals surface area contributed by atoms with Crippen LogP contribution in [-0.4, -0.2) is 48.1 Å². The van der Waals surface area contributed by atoms with Crippen LogP contribution in [-0.2, 0) is 4.84 Å². The third-order valence-electron chi connectivity index (χ3n) is 5.26. The number of ether oxygens (including phenoxy) is 1. The molecule has 2 aromatic carbocycles. The molecule has 31 heavy (non-hydrogen) atoms. The first-order valence-corrected chi connectivity index (χ1v) is 10.3. The number of methoxy groups -OCH3 is 1. The molecular formula is C23H25FN4O3. The molecule has 2 heterocycles. The number of aromatic amines is 1. The van der Waals surface area contributed by atoms with Crippen LogP contribution in [0.2, 0.25) is 0 Å². The number of carbonyl (C=O) groups is 1. The average molecular weight is 424 g/mol. The number of hydrogen-bond donors (Lipinski definition) is 2. The standard InChI is InChI=1S/C23H25FN4O3/c1-30-22-18(23(29)25-15-31-28-13-3-2-4-14-28)10-12-20-21(22)19(26-27-20)11-7-16-5-8-17(24)9-6-16/h5-12H,2-4,13-15H2,1H3,(H,25,29)(H,26,27)/b11-7+. The van der Waals surface area contributed by atoms with Crippen LogP contribution in [0.5, 0.6) is 5.75 Å². The number of rotatable bonds is 7. The van der Waals surface area contributed by atoms with E-state index in [1.54, 1.807) is 24.3 Å². The predicted octanol–water partition coefficient (Wildman–Crippen LogP) is 3.99. The summed E-state index contributed by atoms with van der Waals surface area (Å²) in [5, 5.41) is 12.6. The summed E-state index contributed by atoms with van der Waals surface area (Å²) in [6.07, 6.45) is 7.09. The van der Waals surface area contributed by atoms with Crippen molar-refractivity contribution >= 4 is 29.0 Å². The summed E-state index contributed by atoms with van der Waals surface area (Å²) in [7, 11) is 1.52. The molecule has 7 nitrogen and oxygen atoms in total. The zero-order valence-corrected chi connectivity index (χ0v) is 17.4. The van der Waals surface area contributed by atoms with E-state index < -0.39 is 0 Å². The molecule has 0 spiro atoms. The van der Waals surface area contributed by atoms with Gasteiger partial charge in [-0.1, -0.05) is 24.6 Å². The van der Waals surface area contributed by atoms with Crippen LogP contribution < -0.4 is 10.1 Å². The first kappa shape index (κ1) is 21.0. The number of piperidine rings is 1. The van der Waals surface area contributed by atoms with Crippen molar-refractivity contribution in [3.05, 3.63) is 59.0 Å². The lowest BCUT2D eigenvalue weighted by atomic mass is 10.1. The van der Waals surface area contributed by atoms with Crippen molar-refractivity contribution in [1.29, 1.82) is 0 Å². The number of H-pyrrole nitrogens is 1. The molecule has 1 saturated heterocycles. The molecule has 2 N–H and O–H groups in total. The molecule has 3 aromatic rings. The molecule has 1 fully saturated rings. The highest BCUT2D eigenvalue weighted by Gasteiger charge is 2.19. The third kappa shape index (κ3) is 4.92. The van der Waals surface area contributed by atoms with E-state index in [1.807, 2.05) is 17.2 Å². The van der Waals surface area contributed by atoms with Gasteiger partial charge in [0.2, 0.25) is 0 Å². The van der Waals surface area contributed by atoms with Gasteiger partial charge in [-0.05, 0) is 48.7 Å². The summed E-state index contributed by atoms with van der Waals surface area (Å²) in [6, 6.07) is 9.63. The van der Waals surface area contributed by atoms with Crippen LogP contribution in [0, 0.1) is 5.82 Å². The Hall–Kier alpha value is -3.23. The van der Waals surface area contributed by atoms with Gasteiger partial charge >= 0.3 is 0 Å². The van der Waals surface area contributed by atoms with Crippen LogP contribution in [0.15, 0.2) is 36.4 Å². The van der Waals surface area contributed by atoms with Gasteiger partial charge in [0.15, 0.2) is 0 Å². The molecule has 8 heteroatoms. The van der Waals surface area contributed by atoms with E-state index in [2.05, 4.69) is 15.5 Å². The van der Waals surface area contributed by atoms with Crippen molar-refractivity contribution in [3.8, 4) is 5.75 Å². The maximum Gasteiger partial charge on any atom is 0.256 e. The summed E-state index contributed by atoms with van der Waals surface area (Å²) < 4.78 is 18.7. The fourth-order valence-electron chi connectivity index (χ4n) is 3.65. The van der Waals surface area contributed by atoms with Crippen molar-refractivity contribution < 1.29 is 18.8 Å². The Kier molecular flexibility index (Phi) is 6.59. The lowest BCUT2D eigenvalue weighted by molar-refractivity contribution is -0.171. The Bertz CT molecular complexity index is 1070. The minimum atomic E-state index is -0.287. The fourth-order valence-corrected chi connectivity index (χ4v) is 3.65. The van der Waals surface area contributed by atoms with Crippen molar-refractivity contribution in [1.82, 2.24) is 20.6 Å². The van der Waals surface area contributed by atoms with Gasteiger partial charge in [0, 0.05) is 13.1 Å². The van der Waals surface area contributed by atoms with Crippen molar-refractivity contribution in [2.45, 2.75) is 19.3 Å². The van der Waals surface area contributed by atoms with Gasteiger partial charge in [-0.3, -0.25) is 14.7 Å². The maximum atomic E-state index is 13.1. The number of amides is 1. The highest BCUT2D eigenvalue weighted by Crippen LogP contribution is 2.32. The Morgan fingerprint density at radius 1 is 1.16 bits per heavy atom. The van der Waals surface area contributed by atoms with E-state index >= 15 is 0 Å². The minimum absolute atomic E-state index is 0.0999. The van der Waals surface area contributed by atoms with Crippen molar-refractivity contribution in [3.63, 3.8) is 0 Å². The topological polar surface area (TPSA) is 79.5 Å². The predicted molar refractivity (Wildman–Crippen MR) is 117 cm³/mol. The molecule has 0 bridgehead atoms. The Morgan fingerprint density at radius 2 is 1.94 bits per heavy atom. The molecule has 1 aliphatic heterocycles. The minimum Gasteiger partial charge on any atom is -0.495 e. The second-order valence-corrected chi connectivity index (χ2v) is 7.33. The largest absolute Gasteiger partial charge is 0.495 e. The number of carbonyl (C=O) groups excluding carboxylic acids is 1. The molecule has 0 aliphatic carbocycles. The van der Waals surface area contributed by atoms with Gasteiger partial charge in [0.25, 0.3) is 5.91 Å². The van der Waals surface area contributed by atoms with E-state index in [9.17, 15) is 9.18 Å². The summed E-state index contributed by atoms with van der Waals surface area (Å²) in [5.41, 5.74) is 2.61. The molecule has 0 unspecified atom stereocenters. The summed E-state index contributed by atoms with van der Waals surface area (Å²) >= 11 is 0. The van der Waals surface area contributed by atoms with Crippen molar-refractivity contribution in [2.75, 3.05) is 26.9 Å². The van der Waals surface area contributed by atoms with Crippen LogP contribution in [0.25, 0.3) is 23.1 Å². The van der Waals surface area contributed by atoms with Crippen molar-refractivity contribution in [2.24, 2.45) is 0 Å². The second kappa shape index (κ2) is 9.72. The number of aromatic nitrogens is 2. The van der Waals surface area contributed by atoms with Crippen LogP contribution in [0.4, 0.5) is 4.39 Å². The van der Waals surface area contributed by atoms with Gasteiger partial charge in [-0.2, -0.15) is 10.2 Å². The van der Waals surface area contributed by atoms with E-state index in [4.69, 9.17) is 9.57 Å². The summed E-state index contributed by atoms with van der Waals surface area (Å²) in [4.78, 5) is 18.4. The van der Waals surface area contributed by atoms with Gasteiger partial charge in [-0.25, -0.2) is 4.39 Å². The number of nitrogens with zero attached hydrogens (tertiary/aromatic N) is 2. The number of fused-ring (bicyclic) bond motifs is 1. The van der Waals surface area contributed by atoms with Gasteiger partial charge in [-0.15, -0.1) is 0 Å². The fraction of sp³-hybridized carbons (Fsp3) is 0.304. The Morgan fingerprint density at radius 3 is 2.68 bits per heavy atom. The molecule has 0 radical (unpaired) electrons. The molecule has 1 aliphatic rings. The molecule has 0 saturated carbocycles. The quantitative estimate of drug-likeness (QED) is 0.561. The number of halogens is 1. The van der Waals surface area contributed by atoms with E-state index in [1.165, 1.54) is 25.7 Å². The normalized spacial score (nSPS) is 14.9. The first-order valence-electron chi connectivity index (χ1n) is 10.3. The highest BCUT2D eigenvalue weighted by atomic mass is 19.1. The smallest absolute Gasteiger partial charge is 0.256 e. The van der Waals surface area contributed by atoms with E-state index in [0.717, 1.165) is 31.5 Å². The lowest BCUT2D eigenvalue weighted by Crippen LogP contribution is -2.35. The molecular weight excluding hydrogens is 399 g/mol. The maximum absolute atomic E-state index is 13.1. The Labute approximate surface area is 179 Å². The Balaban J connectivity index is 1.53. The van der Waals surface area contributed by atoms with Gasteiger partial charge < -0.3 is 10.1 Å². The molecule has 0 atom stereocenters. The first-order chi connectivity index (χ1) is 15.2.